The fraction of sp³-hybridized carbons (Fsp3) is 0.318. The van der Waals surface area contributed by atoms with Crippen LogP contribution in [0.1, 0.15) is 16.7 Å². The van der Waals surface area contributed by atoms with Gasteiger partial charge in [-0.3, -0.25) is 4.98 Å². The van der Waals surface area contributed by atoms with Gasteiger partial charge in [-0.05, 0) is 67.8 Å². The molecule has 2 aromatic heterocycles. The van der Waals surface area contributed by atoms with Crippen LogP contribution in [0.3, 0.4) is 0 Å². The number of hydrogen-bond acceptors (Lipinski definition) is 7. The van der Waals surface area contributed by atoms with Gasteiger partial charge in [-0.15, -0.1) is 10.2 Å². The highest BCUT2D eigenvalue weighted by Crippen LogP contribution is 2.25. The smallest absolute Gasteiger partial charge is 0.243 e. The van der Waals surface area contributed by atoms with E-state index in [2.05, 4.69) is 25.4 Å². The molecule has 0 amide bonds. The molecule has 1 aliphatic rings. The number of aryl methyl sites for hydroxylation is 3. The molecule has 1 saturated heterocycles. The van der Waals surface area contributed by atoms with Crippen LogP contribution in [-0.4, -0.2) is 54.1 Å². The van der Waals surface area contributed by atoms with Crippen LogP contribution in [0.2, 0.25) is 0 Å². The molecule has 0 saturated carbocycles. The number of benzene rings is 1. The van der Waals surface area contributed by atoms with E-state index >= 15 is 0 Å². The summed E-state index contributed by atoms with van der Waals surface area (Å²) in [6.45, 7) is 7.74. The monoisotopic (exact) mass is 438 g/mol. The summed E-state index contributed by atoms with van der Waals surface area (Å²) >= 11 is 0. The minimum absolute atomic E-state index is 0.399. The Hall–Kier alpha value is -3.04. The first-order valence-electron chi connectivity index (χ1n) is 10.2. The van der Waals surface area contributed by atoms with Crippen molar-refractivity contribution in [2.24, 2.45) is 0 Å². The average Bonchev–Trinajstić information content (AvgIpc) is 2.77. The lowest BCUT2D eigenvalue weighted by molar-refractivity contribution is 0.383. The molecule has 1 fully saturated rings. The van der Waals surface area contributed by atoms with E-state index in [1.807, 2.05) is 51.1 Å². The van der Waals surface area contributed by atoms with Crippen molar-refractivity contribution in [2.75, 3.05) is 36.4 Å². The molecule has 3 heterocycles. The van der Waals surface area contributed by atoms with Crippen molar-refractivity contribution in [2.45, 2.75) is 25.7 Å². The molecule has 4 rings (SSSR count). The Bertz CT molecular complexity index is 1160. The van der Waals surface area contributed by atoms with E-state index in [4.69, 9.17) is 0 Å². The van der Waals surface area contributed by atoms with Crippen molar-refractivity contribution in [3.8, 4) is 0 Å². The van der Waals surface area contributed by atoms with E-state index in [-0.39, 0.29) is 0 Å². The number of aromatic nitrogens is 3. The minimum Gasteiger partial charge on any atom is -0.352 e. The van der Waals surface area contributed by atoms with Crippen LogP contribution in [0, 0.1) is 20.8 Å². The van der Waals surface area contributed by atoms with Gasteiger partial charge in [0.1, 0.15) is 0 Å². The van der Waals surface area contributed by atoms with Gasteiger partial charge in [0, 0.05) is 44.3 Å². The molecule has 162 valence electrons. The number of anilines is 3. The Labute approximate surface area is 183 Å². The summed E-state index contributed by atoms with van der Waals surface area (Å²) in [6.07, 6.45) is 3.41. The van der Waals surface area contributed by atoms with E-state index in [9.17, 15) is 8.42 Å². The summed E-state index contributed by atoms with van der Waals surface area (Å²) < 4.78 is 28.0. The highest BCUT2D eigenvalue weighted by atomic mass is 32.2. The predicted octanol–water partition coefficient (Wildman–Crippen LogP) is 3.05. The molecule has 0 unspecified atom stereocenters. The highest BCUT2D eigenvalue weighted by Gasteiger charge is 2.30. The molecular weight excluding hydrogens is 412 g/mol. The fourth-order valence-corrected chi connectivity index (χ4v) is 5.37. The van der Waals surface area contributed by atoms with E-state index in [0.29, 0.717) is 36.9 Å². The van der Waals surface area contributed by atoms with E-state index in [0.717, 1.165) is 28.2 Å². The number of nitrogens with zero attached hydrogens (tertiary/aromatic N) is 5. The average molecular weight is 439 g/mol. The first-order valence-corrected chi connectivity index (χ1v) is 11.6. The standard InChI is InChI=1S/C22H26N6O2S/c1-16-14-18(3)20(15-17(16)2)31(29,30)28-12-10-27(11-13-28)22-5-4-21(25-26-22)24-19-6-8-23-9-7-19/h4-9,14-15H,10-13H2,1-3H3,(H,23,24,25). The summed E-state index contributed by atoms with van der Waals surface area (Å²) in [6, 6.07) is 11.2. The van der Waals surface area contributed by atoms with E-state index in [1.165, 1.54) is 0 Å². The number of rotatable bonds is 5. The zero-order chi connectivity index (χ0) is 22.0. The number of hydrogen-bond donors (Lipinski definition) is 1. The third-order valence-electron chi connectivity index (χ3n) is 5.57. The second kappa shape index (κ2) is 8.60. The van der Waals surface area contributed by atoms with Gasteiger partial charge >= 0.3 is 0 Å². The van der Waals surface area contributed by atoms with Crippen molar-refractivity contribution in [3.63, 3.8) is 0 Å². The lowest BCUT2D eigenvalue weighted by Crippen LogP contribution is -2.49. The normalized spacial score (nSPS) is 15.1. The molecule has 1 aliphatic heterocycles. The maximum absolute atomic E-state index is 13.2. The lowest BCUT2D eigenvalue weighted by atomic mass is 10.1. The Morgan fingerprint density at radius 3 is 2.16 bits per heavy atom. The van der Waals surface area contributed by atoms with Crippen molar-refractivity contribution >= 4 is 27.3 Å². The Morgan fingerprint density at radius 1 is 0.839 bits per heavy atom. The van der Waals surface area contributed by atoms with Gasteiger partial charge in [0.2, 0.25) is 10.0 Å². The number of nitrogens with one attached hydrogen (secondary N) is 1. The molecule has 0 radical (unpaired) electrons. The molecular formula is C22H26N6O2S. The zero-order valence-corrected chi connectivity index (χ0v) is 18.7. The molecule has 1 N–H and O–H groups in total. The molecule has 31 heavy (non-hydrogen) atoms. The van der Waals surface area contributed by atoms with E-state index < -0.39 is 10.0 Å². The Balaban J connectivity index is 1.42. The van der Waals surface area contributed by atoms with Crippen LogP contribution in [0.15, 0.2) is 53.7 Å². The molecule has 0 bridgehead atoms. The molecule has 8 nitrogen and oxygen atoms in total. The first kappa shape index (κ1) is 21.2. The van der Waals surface area contributed by atoms with Gasteiger partial charge in [0.15, 0.2) is 11.6 Å². The maximum Gasteiger partial charge on any atom is 0.243 e. The second-order valence-corrected chi connectivity index (χ2v) is 9.64. The van der Waals surface area contributed by atoms with Gasteiger partial charge in [-0.25, -0.2) is 8.42 Å². The van der Waals surface area contributed by atoms with Crippen molar-refractivity contribution in [3.05, 3.63) is 65.5 Å². The highest BCUT2D eigenvalue weighted by molar-refractivity contribution is 7.89. The number of piperazine rings is 1. The maximum atomic E-state index is 13.2. The minimum atomic E-state index is -3.52. The predicted molar refractivity (Wildman–Crippen MR) is 121 cm³/mol. The topological polar surface area (TPSA) is 91.3 Å². The van der Waals surface area contributed by atoms with E-state index in [1.54, 1.807) is 22.8 Å². The van der Waals surface area contributed by atoms with Crippen LogP contribution in [-0.2, 0) is 10.0 Å². The van der Waals surface area contributed by atoms with Gasteiger partial charge < -0.3 is 10.2 Å². The Kier molecular flexibility index (Phi) is 5.88. The van der Waals surface area contributed by atoms with Crippen LogP contribution in [0.25, 0.3) is 0 Å². The van der Waals surface area contributed by atoms with Crippen LogP contribution >= 0.6 is 0 Å². The second-order valence-electron chi connectivity index (χ2n) is 7.73. The summed E-state index contributed by atoms with van der Waals surface area (Å²) in [7, 11) is -3.52. The third kappa shape index (κ3) is 4.52. The van der Waals surface area contributed by atoms with Crippen LogP contribution < -0.4 is 10.2 Å². The van der Waals surface area contributed by atoms with Gasteiger partial charge in [0.05, 0.1) is 4.90 Å². The van der Waals surface area contributed by atoms with Crippen LogP contribution in [0.5, 0.6) is 0 Å². The summed E-state index contributed by atoms with van der Waals surface area (Å²) in [5.74, 6) is 1.38. The summed E-state index contributed by atoms with van der Waals surface area (Å²) in [4.78, 5) is 6.44. The van der Waals surface area contributed by atoms with Crippen molar-refractivity contribution in [1.29, 1.82) is 0 Å². The number of sulfonamides is 1. The van der Waals surface area contributed by atoms with Crippen LogP contribution in [0.4, 0.5) is 17.3 Å². The number of pyridine rings is 1. The van der Waals surface area contributed by atoms with Crippen molar-refractivity contribution in [1.82, 2.24) is 19.5 Å². The van der Waals surface area contributed by atoms with Gasteiger partial charge in [0.25, 0.3) is 0 Å². The summed E-state index contributed by atoms with van der Waals surface area (Å²) in [5.41, 5.74) is 3.76. The first-order chi connectivity index (χ1) is 14.8. The third-order valence-corrected chi connectivity index (χ3v) is 7.62. The lowest BCUT2D eigenvalue weighted by Gasteiger charge is -2.34. The molecule has 3 aromatic rings. The fourth-order valence-electron chi connectivity index (χ4n) is 3.65. The van der Waals surface area contributed by atoms with Gasteiger partial charge in [-0.2, -0.15) is 4.31 Å². The molecule has 0 aliphatic carbocycles. The SMILES string of the molecule is Cc1cc(C)c(S(=O)(=O)N2CCN(c3ccc(Nc4ccncc4)nn3)CC2)cc1C. The Morgan fingerprint density at radius 2 is 1.52 bits per heavy atom. The quantitative estimate of drug-likeness (QED) is 0.655. The largest absolute Gasteiger partial charge is 0.352 e. The molecule has 9 heteroatoms. The molecule has 0 spiro atoms. The molecule has 1 aromatic carbocycles. The van der Waals surface area contributed by atoms with Crippen molar-refractivity contribution < 1.29 is 8.42 Å². The van der Waals surface area contributed by atoms with Gasteiger partial charge in [-0.1, -0.05) is 6.07 Å². The summed E-state index contributed by atoms with van der Waals surface area (Å²) in [5, 5.41) is 11.7. The molecule has 0 atom stereocenters. The zero-order valence-electron chi connectivity index (χ0n) is 17.9.